The van der Waals surface area contributed by atoms with Gasteiger partial charge in [-0.3, -0.25) is 9.69 Å². The first-order chi connectivity index (χ1) is 16.1. The van der Waals surface area contributed by atoms with Gasteiger partial charge in [0.05, 0.1) is 15.1 Å². The van der Waals surface area contributed by atoms with Crippen molar-refractivity contribution < 1.29 is 13.2 Å². The first-order valence-electron chi connectivity index (χ1n) is 11.2. The Bertz CT molecular complexity index is 1270. The van der Waals surface area contributed by atoms with E-state index in [-0.39, 0.29) is 11.8 Å². The Balaban J connectivity index is 1.50. The Kier molecular flexibility index (Phi) is 7.59. The molecule has 0 radical (unpaired) electrons. The number of sulfonamides is 1. The van der Waals surface area contributed by atoms with Crippen molar-refractivity contribution in [1.82, 2.24) is 14.2 Å². The summed E-state index contributed by atoms with van der Waals surface area (Å²) < 4.78 is 28.5. The predicted octanol–water partition coefficient (Wildman–Crippen LogP) is 4.25. The Labute approximate surface area is 210 Å². The third-order valence-electron chi connectivity index (χ3n) is 6.07. The lowest BCUT2D eigenvalue weighted by atomic mass is 9.96. The highest BCUT2D eigenvalue weighted by molar-refractivity contribution is 7.89. The van der Waals surface area contributed by atoms with Gasteiger partial charge >= 0.3 is 0 Å². The summed E-state index contributed by atoms with van der Waals surface area (Å²) >= 11 is 7.59. The molecule has 0 spiro atoms. The largest absolute Gasteiger partial charge is 0.308 e. The van der Waals surface area contributed by atoms with Crippen LogP contribution in [0.5, 0.6) is 0 Å². The monoisotopic (exact) mass is 520 g/mol. The molecule has 7 nitrogen and oxygen atoms in total. The minimum absolute atomic E-state index is 0.000568. The number of halogens is 1. The second kappa shape index (κ2) is 10.3. The summed E-state index contributed by atoms with van der Waals surface area (Å²) in [5.41, 5.74) is 1.82. The molecular formula is C24H29ClN4O3S2. The summed E-state index contributed by atoms with van der Waals surface area (Å²) in [4.78, 5) is 22.4. The van der Waals surface area contributed by atoms with Gasteiger partial charge in [-0.2, -0.15) is 4.31 Å². The molecule has 0 atom stereocenters. The summed E-state index contributed by atoms with van der Waals surface area (Å²) in [6.45, 7) is 3.78. The lowest BCUT2D eigenvalue weighted by molar-refractivity contribution is -0.123. The van der Waals surface area contributed by atoms with Gasteiger partial charge in [0.1, 0.15) is 0 Å². The molecule has 3 aromatic rings. The van der Waals surface area contributed by atoms with E-state index in [0.717, 1.165) is 15.8 Å². The minimum atomic E-state index is -3.56. The van der Waals surface area contributed by atoms with Gasteiger partial charge in [0.2, 0.25) is 15.9 Å². The number of hydrogen-bond donors (Lipinski definition) is 0. The van der Waals surface area contributed by atoms with E-state index in [1.54, 1.807) is 35.2 Å². The molecule has 34 heavy (non-hydrogen) atoms. The maximum Gasteiger partial charge on any atom is 0.243 e. The molecule has 1 aliphatic rings. The van der Waals surface area contributed by atoms with Crippen molar-refractivity contribution in [2.45, 2.75) is 24.7 Å². The summed E-state index contributed by atoms with van der Waals surface area (Å²) in [6.07, 6.45) is 0.970. The number of piperidine rings is 1. The maximum absolute atomic E-state index is 13.6. The van der Waals surface area contributed by atoms with Crippen molar-refractivity contribution in [2.75, 3.05) is 45.2 Å². The van der Waals surface area contributed by atoms with Crippen LogP contribution in [0.15, 0.2) is 47.4 Å². The van der Waals surface area contributed by atoms with Gasteiger partial charge in [-0.05, 0) is 64.2 Å². The first-order valence-corrected chi connectivity index (χ1v) is 13.9. The maximum atomic E-state index is 13.6. The van der Waals surface area contributed by atoms with Crippen LogP contribution >= 0.6 is 22.9 Å². The number of carbonyl (C=O) groups excluding carboxylic acids is 1. The van der Waals surface area contributed by atoms with E-state index in [9.17, 15) is 13.2 Å². The summed E-state index contributed by atoms with van der Waals surface area (Å²) in [5.74, 6) is -0.249. The molecule has 2 heterocycles. The van der Waals surface area contributed by atoms with Crippen molar-refractivity contribution in [3.63, 3.8) is 0 Å². The van der Waals surface area contributed by atoms with E-state index in [1.807, 2.05) is 38.1 Å². The van der Waals surface area contributed by atoms with E-state index >= 15 is 0 Å². The van der Waals surface area contributed by atoms with Crippen LogP contribution in [0.25, 0.3) is 10.2 Å². The molecular weight excluding hydrogens is 492 g/mol. The topological polar surface area (TPSA) is 73.8 Å². The molecule has 1 saturated heterocycles. The molecule has 0 saturated carbocycles. The van der Waals surface area contributed by atoms with Crippen molar-refractivity contribution in [3.05, 3.63) is 53.1 Å². The lowest BCUT2D eigenvalue weighted by Crippen LogP contribution is -2.46. The molecule has 0 unspecified atom stereocenters. The smallest absolute Gasteiger partial charge is 0.243 e. The average Bonchev–Trinajstić information content (AvgIpc) is 3.22. The highest BCUT2D eigenvalue weighted by Gasteiger charge is 2.35. The van der Waals surface area contributed by atoms with Crippen molar-refractivity contribution >= 4 is 54.2 Å². The van der Waals surface area contributed by atoms with Crippen molar-refractivity contribution in [3.8, 4) is 0 Å². The van der Waals surface area contributed by atoms with Crippen LogP contribution in [-0.2, 0) is 14.8 Å². The highest BCUT2D eigenvalue weighted by atomic mass is 35.5. The zero-order chi connectivity index (χ0) is 24.5. The van der Waals surface area contributed by atoms with Gasteiger partial charge in [-0.15, -0.1) is 0 Å². The molecule has 4 rings (SSSR count). The number of carbonyl (C=O) groups is 1. The molecule has 0 N–H and O–H groups in total. The van der Waals surface area contributed by atoms with Gasteiger partial charge in [-0.1, -0.05) is 40.6 Å². The molecule has 1 amide bonds. The molecule has 182 valence electrons. The summed E-state index contributed by atoms with van der Waals surface area (Å²) in [7, 11) is 0.371. The number of benzene rings is 2. The number of amides is 1. The number of thiazole rings is 1. The average molecular weight is 521 g/mol. The number of nitrogens with zero attached hydrogens (tertiary/aromatic N) is 4. The van der Waals surface area contributed by atoms with Crippen LogP contribution in [0.3, 0.4) is 0 Å². The second-order valence-corrected chi connectivity index (χ2v) is 12.3. The Hall–Kier alpha value is -2.04. The second-order valence-electron chi connectivity index (χ2n) is 8.89. The van der Waals surface area contributed by atoms with Gasteiger partial charge in [0.15, 0.2) is 5.13 Å². The molecule has 1 aromatic heterocycles. The number of aromatic nitrogens is 1. The lowest BCUT2D eigenvalue weighted by Gasteiger charge is -2.33. The van der Waals surface area contributed by atoms with Crippen molar-refractivity contribution in [2.24, 2.45) is 5.92 Å². The van der Waals surface area contributed by atoms with Crippen LogP contribution in [0.2, 0.25) is 5.02 Å². The van der Waals surface area contributed by atoms with Gasteiger partial charge in [0, 0.05) is 37.1 Å². The van der Waals surface area contributed by atoms with Gasteiger partial charge < -0.3 is 4.90 Å². The van der Waals surface area contributed by atoms with E-state index < -0.39 is 10.0 Å². The first kappa shape index (κ1) is 25.1. The van der Waals surface area contributed by atoms with Crippen LogP contribution in [0, 0.1) is 12.8 Å². The minimum Gasteiger partial charge on any atom is -0.308 e. The number of anilines is 1. The van der Waals surface area contributed by atoms with E-state index in [4.69, 9.17) is 11.6 Å². The number of aryl methyl sites for hydroxylation is 1. The number of likely N-dealkylation sites (N-methyl/N-ethyl adjacent to an activating group) is 1. The zero-order valence-corrected chi connectivity index (χ0v) is 22.0. The van der Waals surface area contributed by atoms with Crippen molar-refractivity contribution in [1.29, 1.82) is 0 Å². The Morgan fingerprint density at radius 2 is 1.79 bits per heavy atom. The summed E-state index contributed by atoms with van der Waals surface area (Å²) in [5, 5.41) is 1.29. The molecule has 0 bridgehead atoms. The standard InChI is InChI=1S/C24H29ClN4O3S2/c1-17-4-7-20(8-5-17)34(31,32)28-12-10-18(11-13-28)23(30)29(15-14-27(2)3)24-26-21-9-6-19(25)16-22(21)33-24/h4-9,16,18H,10-15H2,1-3H3. The number of rotatable bonds is 7. The van der Waals surface area contributed by atoms with Gasteiger partial charge in [-0.25, -0.2) is 13.4 Å². The van der Waals surface area contributed by atoms with Crippen LogP contribution < -0.4 is 4.90 Å². The molecule has 1 aliphatic heterocycles. The fourth-order valence-electron chi connectivity index (χ4n) is 4.02. The molecule has 10 heteroatoms. The third kappa shape index (κ3) is 5.44. The molecule has 1 fully saturated rings. The zero-order valence-electron chi connectivity index (χ0n) is 19.6. The van der Waals surface area contributed by atoms with E-state index in [1.165, 1.54) is 15.6 Å². The summed E-state index contributed by atoms with van der Waals surface area (Å²) in [6, 6.07) is 12.4. The third-order valence-corrected chi connectivity index (χ3v) is 9.26. The number of fused-ring (bicyclic) bond motifs is 1. The number of hydrogen-bond acceptors (Lipinski definition) is 6. The molecule has 0 aliphatic carbocycles. The predicted molar refractivity (Wildman–Crippen MR) is 138 cm³/mol. The van der Waals surface area contributed by atoms with Crippen LogP contribution in [0.1, 0.15) is 18.4 Å². The van der Waals surface area contributed by atoms with Gasteiger partial charge in [0.25, 0.3) is 0 Å². The normalized spacial score (nSPS) is 15.8. The van der Waals surface area contributed by atoms with E-state index in [2.05, 4.69) is 4.98 Å². The quantitative estimate of drug-likeness (QED) is 0.465. The van der Waals surface area contributed by atoms with Crippen LogP contribution in [-0.4, -0.2) is 68.8 Å². The fourth-order valence-corrected chi connectivity index (χ4v) is 6.77. The fraction of sp³-hybridized carbons (Fsp3) is 0.417. The Morgan fingerprint density at radius 1 is 1.12 bits per heavy atom. The van der Waals surface area contributed by atoms with Crippen LogP contribution in [0.4, 0.5) is 5.13 Å². The Morgan fingerprint density at radius 3 is 2.44 bits per heavy atom. The SMILES string of the molecule is Cc1ccc(S(=O)(=O)N2CCC(C(=O)N(CCN(C)C)c3nc4ccc(Cl)cc4s3)CC2)cc1. The molecule has 2 aromatic carbocycles. The highest BCUT2D eigenvalue weighted by Crippen LogP contribution is 2.33. The van der Waals surface area contributed by atoms with E-state index in [0.29, 0.717) is 54.1 Å².